The van der Waals surface area contributed by atoms with Crippen molar-refractivity contribution in [1.29, 1.82) is 0 Å². The number of aromatic nitrogens is 2. The molecule has 90 valence electrons. The molecule has 3 heteroatoms. The summed E-state index contributed by atoms with van der Waals surface area (Å²) in [6, 6.07) is 8.07. The molecule has 0 amide bonds. The fraction of sp³-hybridized carbons (Fsp3) is 0.429. The van der Waals surface area contributed by atoms with Crippen LogP contribution < -0.4 is 0 Å². The van der Waals surface area contributed by atoms with E-state index in [1.165, 1.54) is 5.56 Å². The minimum absolute atomic E-state index is 0.169. The van der Waals surface area contributed by atoms with Crippen molar-refractivity contribution in [3.05, 3.63) is 36.0 Å². The zero-order valence-electron chi connectivity index (χ0n) is 10.2. The number of nitrogens with zero attached hydrogens (tertiary/aromatic N) is 2. The van der Waals surface area contributed by atoms with Gasteiger partial charge < -0.3 is 0 Å². The van der Waals surface area contributed by atoms with Gasteiger partial charge in [-0.3, -0.25) is 0 Å². The number of alkyl halides is 1. The summed E-state index contributed by atoms with van der Waals surface area (Å²) in [5.41, 5.74) is 2.13. The molecule has 1 aromatic heterocycles. The summed E-state index contributed by atoms with van der Waals surface area (Å²) in [7, 11) is 0. The topological polar surface area (TPSA) is 25.8 Å². The van der Waals surface area contributed by atoms with Crippen LogP contribution in [0.15, 0.2) is 30.5 Å². The molecular formula is C14H17ClN2. The zero-order chi connectivity index (χ0) is 12.3. The second-order valence-corrected chi connectivity index (χ2v) is 5.44. The van der Waals surface area contributed by atoms with Crippen LogP contribution >= 0.6 is 11.6 Å². The molecule has 0 saturated carbocycles. The molecule has 0 radical (unpaired) electrons. The standard InChI is InChI=1S/C14H17ClN2/c1-10(2)7-12(15)8-11-9-16-17-14-6-4-3-5-13(11)14/h3-6,9-10,12H,7-8H2,1-2H3. The maximum absolute atomic E-state index is 6.36. The van der Waals surface area contributed by atoms with Crippen LogP contribution in [0.2, 0.25) is 0 Å². The van der Waals surface area contributed by atoms with Gasteiger partial charge in [0.25, 0.3) is 0 Å². The lowest BCUT2D eigenvalue weighted by atomic mass is 10.0. The maximum Gasteiger partial charge on any atom is 0.0932 e. The van der Waals surface area contributed by atoms with Crippen LogP contribution in [-0.2, 0) is 6.42 Å². The molecule has 0 aliphatic heterocycles. The Morgan fingerprint density at radius 2 is 2.00 bits per heavy atom. The quantitative estimate of drug-likeness (QED) is 0.769. The Labute approximate surface area is 107 Å². The van der Waals surface area contributed by atoms with Crippen molar-refractivity contribution < 1.29 is 0 Å². The van der Waals surface area contributed by atoms with E-state index in [1.807, 2.05) is 24.4 Å². The predicted molar refractivity (Wildman–Crippen MR) is 72.3 cm³/mol. The molecule has 1 heterocycles. The normalized spacial score (nSPS) is 13.2. The van der Waals surface area contributed by atoms with Crippen molar-refractivity contribution in [2.24, 2.45) is 5.92 Å². The lowest BCUT2D eigenvalue weighted by molar-refractivity contribution is 0.562. The van der Waals surface area contributed by atoms with Gasteiger partial charge >= 0.3 is 0 Å². The third kappa shape index (κ3) is 3.16. The summed E-state index contributed by atoms with van der Waals surface area (Å²) in [4.78, 5) is 0. The Balaban J connectivity index is 2.24. The first-order valence-corrected chi connectivity index (χ1v) is 6.44. The molecule has 0 bridgehead atoms. The largest absolute Gasteiger partial charge is 0.158 e. The Hall–Kier alpha value is -1.15. The molecule has 2 aromatic rings. The Kier molecular flexibility index (Phi) is 3.95. The molecule has 0 saturated heterocycles. The van der Waals surface area contributed by atoms with Crippen LogP contribution in [-0.4, -0.2) is 15.6 Å². The van der Waals surface area contributed by atoms with Crippen LogP contribution in [0, 0.1) is 5.92 Å². The minimum atomic E-state index is 0.169. The highest BCUT2D eigenvalue weighted by atomic mass is 35.5. The van der Waals surface area contributed by atoms with E-state index in [4.69, 9.17) is 11.6 Å². The average Bonchev–Trinajstić information content (AvgIpc) is 2.28. The molecular weight excluding hydrogens is 232 g/mol. The van der Waals surface area contributed by atoms with Gasteiger partial charge in [0.05, 0.1) is 11.7 Å². The van der Waals surface area contributed by atoms with Gasteiger partial charge in [0.2, 0.25) is 0 Å². The molecule has 2 rings (SSSR count). The molecule has 0 N–H and O–H groups in total. The number of hydrogen-bond acceptors (Lipinski definition) is 2. The van der Waals surface area contributed by atoms with Crippen molar-refractivity contribution in [2.45, 2.75) is 32.1 Å². The van der Waals surface area contributed by atoms with Gasteiger partial charge in [0, 0.05) is 10.8 Å². The van der Waals surface area contributed by atoms with Crippen LogP contribution in [0.5, 0.6) is 0 Å². The van der Waals surface area contributed by atoms with E-state index in [9.17, 15) is 0 Å². The molecule has 1 atom stereocenters. The van der Waals surface area contributed by atoms with Gasteiger partial charge in [0.15, 0.2) is 0 Å². The molecule has 1 aromatic carbocycles. The second kappa shape index (κ2) is 5.46. The van der Waals surface area contributed by atoms with Crippen molar-refractivity contribution in [2.75, 3.05) is 0 Å². The van der Waals surface area contributed by atoms with Gasteiger partial charge in [-0.1, -0.05) is 32.0 Å². The predicted octanol–water partition coefficient (Wildman–Crippen LogP) is 3.83. The van der Waals surface area contributed by atoms with Gasteiger partial charge in [0.1, 0.15) is 0 Å². The van der Waals surface area contributed by atoms with Crippen molar-refractivity contribution >= 4 is 22.5 Å². The van der Waals surface area contributed by atoms with Crippen LogP contribution in [0.4, 0.5) is 0 Å². The van der Waals surface area contributed by atoms with Crippen molar-refractivity contribution in [1.82, 2.24) is 10.2 Å². The van der Waals surface area contributed by atoms with Crippen molar-refractivity contribution in [3.8, 4) is 0 Å². The molecule has 17 heavy (non-hydrogen) atoms. The lowest BCUT2D eigenvalue weighted by Crippen LogP contribution is -2.08. The SMILES string of the molecule is CC(C)CC(Cl)Cc1cnnc2ccccc12. The Morgan fingerprint density at radius 3 is 2.76 bits per heavy atom. The highest BCUT2D eigenvalue weighted by molar-refractivity contribution is 6.20. The molecule has 0 aliphatic carbocycles. The summed E-state index contributed by atoms with van der Waals surface area (Å²) in [6.45, 7) is 4.39. The van der Waals surface area contributed by atoms with E-state index >= 15 is 0 Å². The number of benzene rings is 1. The monoisotopic (exact) mass is 248 g/mol. The van der Waals surface area contributed by atoms with E-state index in [2.05, 4.69) is 30.1 Å². The first-order chi connectivity index (χ1) is 8.16. The van der Waals surface area contributed by atoms with Crippen LogP contribution in [0.3, 0.4) is 0 Å². The number of hydrogen-bond donors (Lipinski definition) is 0. The van der Waals surface area contributed by atoms with E-state index in [0.29, 0.717) is 5.92 Å². The molecule has 0 fully saturated rings. The fourth-order valence-electron chi connectivity index (χ4n) is 2.06. The maximum atomic E-state index is 6.36. The van der Waals surface area contributed by atoms with Gasteiger partial charge in [-0.15, -0.1) is 11.6 Å². The van der Waals surface area contributed by atoms with E-state index < -0.39 is 0 Å². The summed E-state index contributed by atoms with van der Waals surface area (Å²) in [6.07, 6.45) is 3.71. The van der Waals surface area contributed by atoms with Crippen LogP contribution in [0.25, 0.3) is 10.9 Å². The van der Waals surface area contributed by atoms with E-state index in [1.54, 1.807) is 0 Å². The highest BCUT2D eigenvalue weighted by Crippen LogP contribution is 2.21. The van der Waals surface area contributed by atoms with Gasteiger partial charge in [-0.25, -0.2) is 0 Å². The summed E-state index contributed by atoms with van der Waals surface area (Å²) < 4.78 is 0. The van der Waals surface area contributed by atoms with Gasteiger partial charge in [-0.05, 0) is 30.4 Å². The molecule has 0 aliphatic rings. The number of halogens is 1. The summed E-state index contributed by atoms with van der Waals surface area (Å²) in [5, 5.41) is 9.49. The smallest absolute Gasteiger partial charge is 0.0932 e. The second-order valence-electron chi connectivity index (χ2n) is 4.82. The van der Waals surface area contributed by atoms with E-state index in [-0.39, 0.29) is 5.38 Å². The first kappa shape index (κ1) is 12.3. The minimum Gasteiger partial charge on any atom is -0.158 e. The van der Waals surface area contributed by atoms with Crippen molar-refractivity contribution in [3.63, 3.8) is 0 Å². The summed E-state index contributed by atoms with van der Waals surface area (Å²) >= 11 is 6.36. The number of rotatable bonds is 4. The first-order valence-electron chi connectivity index (χ1n) is 6.00. The fourth-order valence-corrected chi connectivity index (χ4v) is 2.58. The Morgan fingerprint density at radius 1 is 1.24 bits per heavy atom. The van der Waals surface area contributed by atoms with E-state index in [0.717, 1.165) is 23.7 Å². The third-order valence-electron chi connectivity index (χ3n) is 2.80. The van der Waals surface area contributed by atoms with Crippen LogP contribution in [0.1, 0.15) is 25.8 Å². The molecule has 1 unspecified atom stereocenters. The zero-order valence-corrected chi connectivity index (χ0v) is 11.0. The lowest BCUT2D eigenvalue weighted by Gasteiger charge is -2.12. The average molecular weight is 249 g/mol. The molecule has 2 nitrogen and oxygen atoms in total. The molecule has 0 spiro atoms. The number of fused-ring (bicyclic) bond motifs is 1. The third-order valence-corrected chi connectivity index (χ3v) is 3.13. The Bertz CT molecular complexity index is 491. The summed E-state index contributed by atoms with van der Waals surface area (Å²) in [5.74, 6) is 0.624. The van der Waals surface area contributed by atoms with Gasteiger partial charge in [-0.2, -0.15) is 10.2 Å². The highest BCUT2D eigenvalue weighted by Gasteiger charge is 2.11.